The first kappa shape index (κ1) is 15.0. The van der Waals surface area contributed by atoms with Gasteiger partial charge in [0.15, 0.2) is 0 Å². The topological polar surface area (TPSA) is 35.2 Å². The van der Waals surface area contributed by atoms with Gasteiger partial charge < -0.3 is 10.5 Å². The Morgan fingerprint density at radius 3 is 2.55 bits per heavy atom. The Morgan fingerprint density at radius 2 is 1.90 bits per heavy atom. The van der Waals surface area contributed by atoms with Gasteiger partial charge in [0.2, 0.25) is 0 Å². The number of halogens is 2. The zero-order valence-electron chi connectivity index (χ0n) is 11.3. The Labute approximate surface area is 126 Å². The van der Waals surface area contributed by atoms with Gasteiger partial charge in [0, 0.05) is 4.47 Å². The van der Waals surface area contributed by atoms with Gasteiger partial charge in [-0.05, 0) is 47.9 Å². The summed E-state index contributed by atoms with van der Waals surface area (Å²) in [7, 11) is 0. The second-order valence-electron chi connectivity index (χ2n) is 4.56. The van der Waals surface area contributed by atoms with Crippen molar-refractivity contribution in [2.75, 3.05) is 6.61 Å². The molecule has 0 fully saturated rings. The molecule has 2 aromatic carbocycles. The van der Waals surface area contributed by atoms with Gasteiger partial charge in [-0.15, -0.1) is 0 Å². The van der Waals surface area contributed by atoms with Crippen molar-refractivity contribution in [1.82, 2.24) is 0 Å². The predicted molar refractivity (Wildman–Crippen MR) is 82.4 cm³/mol. The average molecular weight is 338 g/mol. The maximum atomic E-state index is 13.3. The molecule has 1 unspecified atom stereocenters. The molecule has 0 radical (unpaired) electrons. The van der Waals surface area contributed by atoms with Crippen LogP contribution in [-0.2, 0) is 0 Å². The van der Waals surface area contributed by atoms with Crippen molar-refractivity contribution in [2.24, 2.45) is 5.73 Å². The highest BCUT2D eigenvalue weighted by Gasteiger charge is 2.13. The minimum Gasteiger partial charge on any atom is -0.494 e. The number of rotatable bonds is 5. The monoisotopic (exact) mass is 337 g/mol. The van der Waals surface area contributed by atoms with Crippen LogP contribution in [0.2, 0.25) is 0 Å². The van der Waals surface area contributed by atoms with Gasteiger partial charge in [-0.3, -0.25) is 0 Å². The molecular formula is C16H17BrFNO. The fourth-order valence-corrected chi connectivity index (χ4v) is 2.42. The molecule has 0 aliphatic rings. The van der Waals surface area contributed by atoms with E-state index in [1.54, 1.807) is 6.07 Å². The van der Waals surface area contributed by atoms with E-state index in [1.807, 2.05) is 24.3 Å². The van der Waals surface area contributed by atoms with E-state index in [1.165, 1.54) is 12.1 Å². The summed E-state index contributed by atoms with van der Waals surface area (Å²) in [6, 6.07) is 11.7. The lowest BCUT2D eigenvalue weighted by Gasteiger charge is -2.15. The lowest BCUT2D eigenvalue weighted by Crippen LogP contribution is -2.12. The van der Waals surface area contributed by atoms with Gasteiger partial charge >= 0.3 is 0 Å². The molecule has 20 heavy (non-hydrogen) atoms. The molecule has 0 aliphatic heterocycles. The SMILES string of the molecule is CCCOc1ccc(C(N)c2cc(F)ccc2Br)cc1. The van der Waals surface area contributed by atoms with Crippen molar-refractivity contribution in [3.63, 3.8) is 0 Å². The largest absolute Gasteiger partial charge is 0.494 e. The third kappa shape index (κ3) is 3.58. The molecule has 0 spiro atoms. The van der Waals surface area contributed by atoms with Crippen molar-refractivity contribution in [2.45, 2.75) is 19.4 Å². The Kier molecular flexibility index (Phi) is 5.15. The molecule has 2 aromatic rings. The quantitative estimate of drug-likeness (QED) is 0.876. The summed E-state index contributed by atoms with van der Waals surface area (Å²) in [5, 5.41) is 0. The van der Waals surface area contributed by atoms with Gasteiger partial charge in [0.25, 0.3) is 0 Å². The first-order valence-electron chi connectivity index (χ1n) is 6.55. The fourth-order valence-electron chi connectivity index (χ4n) is 1.92. The normalized spacial score (nSPS) is 12.2. The van der Waals surface area contributed by atoms with E-state index in [4.69, 9.17) is 10.5 Å². The lowest BCUT2D eigenvalue weighted by atomic mass is 9.99. The van der Waals surface area contributed by atoms with Crippen LogP contribution in [0.1, 0.15) is 30.5 Å². The average Bonchev–Trinajstić information content (AvgIpc) is 2.47. The van der Waals surface area contributed by atoms with Gasteiger partial charge in [0.1, 0.15) is 11.6 Å². The van der Waals surface area contributed by atoms with Crippen molar-refractivity contribution < 1.29 is 9.13 Å². The summed E-state index contributed by atoms with van der Waals surface area (Å²) < 4.78 is 19.7. The smallest absolute Gasteiger partial charge is 0.123 e. The molecule has 0 heterocycles. The number of hydrogen-bond acceptors (Lipinski definition) is 2. The van der Waals surface area contributed by atoms with E-state index in [0.29, 0.717) is 6.61 Å². The van der Waals surface area contributed by atoms with Crippen molar-refractivity contribution in [1.29, 1.82) is 0 Å². The molecule has 0 bridgehead atoms. The third-order valence-electron chi connectivity index (χ3n) is 3.01. The van der Waals surface area contributed by atoms with E-state index in [-0.39, 0.29) is 11.9 Å². The molecular weight excluding hydrogens is 321 g/mol. The fraction of sp³-hybridized carbons (Fsp3) is 0.250. The second kappa shape index (κ2) is 6.86. The van der Waals surface area contributed by atoms with Gasteiger partial charge in [0.05, 0.1) is 12.6 Å². The van der Waals surface area contributed by atoms with E-state index in [0.717, 1.165) is 27.8 Å². The minimum atomic E-state index is -0.375. The van der Waals surface area contributed by atoms with E-state index in [9.17, 15) is 4.39 Å². The summed E-state index contributed by atoms with van der Waals surface area (Å²) in [5.74, 6) is 0.530. The van der Waals surface area contributed by atoms with E-state index < -0.39 is 0 Å². The van der Waals surface area contributed by atoms with Gasteiger partial charge in [-0.1, -0.05) is 35.0 Å². The Morgan fingerprint density at radius 1 is 1.20 bits per heavy atom. The summed E-state index contributed by atoms with van der Waals surface area (Å²) in [4.78, 5) is 0. The summed E-state index contributed by atoms with van der Waals surface area (Å²) in [5.41, 5.74) is 7.84. The van der Waals surface area contributed by atoms with Crippen LogP contribution in [-0.4, -0.2) is 6.61 Å². The number of ether oxygens (including phenoxy) is 1. The van der Waals surface area contributed by atoms with Crippen LogP contribution in [0.15, 0.2) is 46.9 Å². The number of nitrogens with two attached hydrogens (primary N) is 1. The zero-order valence-corrected chi connectivity index (χ0v) is 12.9. The molecule has 0 aromatic heterocycles. The highest BCUT2D eigenvalue weighted by molar-refractivity contribution is 9.10. The van der Waals surface area contributed by atoms with Crippen LogP contribution in [0.4, 0.5) is 4.39 Å². The van der Waals surface area contributed by atoms with E-state index >= 15 is 0 Å². The maximum Gasteiger partial charge on any atom is 0.123 e. The lowest BCUT2D eigenvalue weighted by molar-refractivity contribution is 0.317. The van der Waals surface area contributed by atoms with Crippen LogP contribution in [0, 0.1) is 5.82 Å². The Bertz CT molecular complexity index is 571. The first-order valence-corrected chi connectivity index (χ1v) is 7.34. The summed E-state index contributed by atoms with van der Waals surface area (Å²) in [6.07, 6.45) is 0.970. The molecule has 2 rings (SSSR count). The summed E-state index contributed by atoms with van der Waals surface area (Å²) >= 11 is 3.41. The Hall–Kier alpha value is -1.39. The molecule has 0 saturated carbocycles. The van der Waals surface area contributed by atoms with Crippen LogP contribution in [0.5, 0.6) is 5.75 Å². The van der Waals surface area contributed by atoms with Crippen LogP contribution < -0.4 is 10.5 Å². The molecule has 0 aliphatic carbocycles. The van der Waals surface area contributed by atoms with Gasteiger partial charge in [-0.25, -0.2) is 4.39 Å². The number of benzene rings is 2. The van der Waals surface area contributed by atoms with Crippen LogP contribution >= 0.6 is 15.9 Å². The minimum absolute atomic E-state index is 0.290. The van der Waals surface area contributed by atoms with E-state index in [2.05, 4.69) is 22.9 Å². The molecule has 1 atom stereocenters. The molecule has 0 saturated heterocycles. The number of hydrogen-bond donors (Lipinski definition) is 1. The van der Waals surface area contributed by atoms with Crippen LogP contribution in [0.25, 0.3) is 0 Å². The van der Waals surface area contributed by atoms with Crippen molar-refractivity contribution in [3.05, 3.63) is 63.9 Å². The first-order chi connectivity index (χ1) is 9.61. The second-order valence-corrected chi connectivity index (χ2v) is 5.42. The maximum absolute atomic E-state index is 13.3. The highest BCUT2D eigenvalue weighted by atomic mass is 79.9. The molecule has 106 valence electrons. The van der Waals surface area contributed by atoms with Gasteiger partial charge in [-0.2, -0.15) is 0 Å². The predicted octanol–water partition coefficient (Wildman–Crippen LogP) is 4.43. The Balaban J connectivity index is 2.20. The third-order valence-corrected chi connectivity index (χ3v) is 3.73. The summed E-state index contributed by atoms with van der Waals surface area (Å²) in [6.45, 7) is 2.76. The van der Waals surface area contributed by atoms with Crippen molar-refractivity contribution in [3.8, 4) is 5.75 Å². The molecule has 4 heteroatoms. The zero-order chi connectivity index (χ0) is 14.5. The molecule has 0 amide bonds. The van der Waals surface area contributed by atoms with Crippen LogP contribution in [0.3, 0.4) is 0 Å². The van der Waals surface area contributed by atoms with Crippen molar-refractivity contribution >= 4 is 15.9 Å². The highest BCUT2D eigenvalue weighted by Crippen LogP contribution is 2.28. The molecule has 2 nitrogen and oxygen atoms in total. The molecule has 2 N–H and O–H groups in total. The standard InChI is InChI=1S/C16H17BrFNO/c1-2-9-20-13-6-3-11(4-7-13)16(19)14-10-12(18)5-8-15(14)17/h3-8,10,16H,2,9,19H2,1H3.